The number of nitrogens with zero attached hydrogens (tertiary/aromatic N) is 1. The van der Waals surface area contributed by atoms with Crippen molar-refractivity contribution in [3.63, 3.8) is 0 Å². The number of carboxylic acids is 1. The van der Waals surface area contributed by atoms with E-state index in [0.717, 1.165) is 9.77 Å². The molecule has 0 bridgehead atoms. The average molecular weight is 548 g/mol. The standard InChI is InChI=1S/C26H33N3O4S3/c1-6-16(4)21(23(30)28-19(25(32)33)12-13-34-5)29-24(31)22-20(17-10-8-7-9-11-17)18(14-27)26(36-22)35-15(2)3/h7-11,15-16,19,21H,6,12-13H2,1-5H3,(H,28,30)(H,29,31)(H,32,33)/t16-,19-,21-/m0/s1. The van der Waals surface area contributed by atoms with Crippen molar-refractivity contribution in [2.24, 2.45) is 5.92 Å². The molecule has 0 aliphatic carbocycles. The van der Waals surface area contributed by atoms with Crippen molar-refractivity contribution in [1.29, 1.82) is 5.26 Å². The third-order valence-corrected chi connectivity index (χ3v) is 8.66. The average Bonchev–Trinajstić information content (AvgIpc) is 3.22. The molecule has 0 saturated heterocycles. The van der Waals surface area contributed by atoms with Crippen molar-refractivity contribution in [3.8, 4) is 17.2 Å². The van der Waals surface area contributed by atoms with E-state index in [-0.39, 0.29) is 17.6 Å². The van der Waals surface area contributed by atoms with E-state index in [1.807, 2.05) is 64.3 Å². The fraction of sp³-hybridized carbons (Fsp3) is 0.462. The first kappa shape index (κ1) is 29.7. The Balaban J connectivity index is 2.45. The van der Waals surface area contributed by atoms with Gasteiger partial charge in [-0.15, -0.1) is 23.1 Å². The van der Waals surface area contributed by atoms with E-state index < -0.39 is 29.9 Å². The van der Waals surface area contributed by atoms with Crippen LogP contribution in [0.3, 0.4) is 0 Å². The Morgan fingerprint density at radius 1 is 1.14 bits per heavy atom. The summed E-state index contributed by atoms with van der Waals surface area (Å²) in [5, 5.41) is 25.2. The molecular weight excluding hydrogens is 515 g/mol. The Morgan fingerprint density at radius 3 is 2.33 bits per heavy atom. The molecule has 2 rings (SSSR count). The summed E-state index contributed by atoms with van der Waals surface area (Å²) in [5.74, 6) is -1.74. The molecule has 1 heterocycles. The maximum atomic E-state index is 13.6. The third kappa shape index (κ3) is 7.76. The summed E-state index contributed by atoms with van der Waals surface area (Å²) in [7, 11) is 0. The highest BCUT2D eigenvalue weighted by molar-refractivity contribution is 8.01. The van der Waals surface area contributed by atoms with Crippen molar-refractivity contribution in [3.05, 3.63) is 40.8 Å². The summed E-state index contributed by atoms with van der Waals surface area (Å²) in [5.41, 5.74) is 1.75. The Hall–Kier alpha value is -2.48. The minimum absolute atomic E-state index is 0.211. The van der Waals surface area contributed by atoms with Crippen molar-refractivity contribution >= 4 is 52.6 Å². The van der Waals surface area contributed by atoms with Crippen LogP contribution in [-0.2, 0) is 9.59 Å². The molecule has 3 atom stereocenters. The van der Waals surface area contributed by atoms with Gasteiger partial charge in [0.2, 0.25) is 5.91 Å². The quantitative estimate of drug-likeness (QED) is 0.293. The Labute approximate surface area is 225 Å². The maximum absolute atomic E-state index is 13.6. The van der Waals surface area contributed by atoms with Crippen molar-refractivity contribution in [2.45, 2.75) is 62.1 Å². The van der Waals surface area contributed by atoms with Gasteiger partial charge in [0.25, 0.3) is 5.91 Å². The molecule has 2 amide bonds. The minimum Gasteiger partial charge on any atom is -0.480 e. The van der Waals surface area contributed by atoms with Crippen LogP contribution in [0.4, 0.5) is 0 Å². The van der Waals surface area contributed by atoms with Gasteiger partial charge in [0.15, 0.2) is 0 Å². The number of nitrogens with one attached hydrogen (secondary N) is 2. The summed E-state index contributed by atoms with van der Waals surface area (Å²) < 4.78 is 0.754. The topological polar surface area (TPSA) is 119 Å². The van der Waals surface area contributed by atoms with E-state index in [1.54, 1.807) is 0 Å². The van der Waals surface area contributed by atoms with Gasteiger partial charge in [0, 0.05) is 10.8 Å². The van der Waals surface area contributed by atoms with Gasteiger partial charge >= 0.3 is 5.97 Å². The predicted molar refractivity (Wildman–Crippen MR) is 149 cm³/mol. The number of thioether (sulfide) groups is 2. The van der Waals surface area contributed by atoms with E-state index in [2.05, 4.69) is 16.7 Å². The Kier molecular flexibility index (Phi) is 11.8. The number of carbonyl (C=O) groups excluding carboxylic acids is 2. The monoisotopic (exact) mass is 547 g/mol. The number of benzene rings is 1. The molecule has 2 aromatic rings. The number of thiophene rings is 1. The molecule has 0 spiro atoms. The molecule has 194 valence electrons. The number of carbonyl (C=O) groups is 3. The first-order chi connectivity index (χ1) is 17.1. The highest BCUT2D eigenvalue weighted by atomic mass is 32.2. The van der Waals surface area contributed by atoms with Crippen LogP contribution < -0.4 is 10.6 Å². The molecular formula is C26H33N3O4S3. The van der Waals surface area contributed by atoms with Crippen LogP contribution in [-0.4, -0.2) is 52.2 Å². The van der Waals surface area contributed by atoms with E-state index in [0.29, 0.717) is 28.2 Å². The number of nitriles is 1. The second-order valence-corrected chi connectivity index (χ2v) is 12.5. The van der Waals surface area contributed by atoms with Gasteiger partial charge in [-0.1, -0.05) is 64.4 Å². The van der Waals surface area contributed by atoms with Crippen LogP contribution in [0, 0.1) is 17.2 Å². The predicted octanol–water partition coefficient (Wildman–Crippen LogP) is 5.25. The molecule has 0 fully saturated rings. The lowest BCUT2D eigenvalue weighted by molar-refractivity contribution is -0.142. The highest BCUT2D eigenvalue weighted by Crippen LogP contribution is 2.42. The van der Waals surface area contributed by atoms with Crippen LogP contribution in [0.15, 0.2) is 34.5 Å². The van der Waals surface area contributed by atoms with Crippen molar-refractivity contribution < 1.29 is 19.5 Å². The second-order valence-electron chi connectivity index (χ2n) is 8.63. The van der Waals surface area contributed by atoms with E-state index >= 15 is 0 Å². The number of amides is 2. The molecule has 0 aliphatic rings. The van der Waals surface area contributed by atoms with E-state index in [1.165, 1.54) is 34.9 Å². The molecule has 3 N–H and O–H groups in total. The van der Waals surface area contributed by atoms with Crippen LogP contribution in [0.25, 0.3) is 11.1 Å². The van der Waals surface area contributed by atoms with Gasteiger partial charge in [0.05, 0.1) is 9.77 Å². The lowest BCUT2D eigenvalue weighted by Gasteiger charge is -2.25. The molecule has 0 radical (unpaired) electrons. The summed E-state index contributed by atoms with van der Waals surface area (Å²) >= 11 is 4.27. The van der Waals surface area contributed by atoms with Crippen LogP contribution in [0.1, 0.15) is 55.8 Å². The summed E-state index contributed by atoms with van der Waals surface area (Å²) in [6, 6.07) is 9.59. The van der Waals surface area contributed by atoms with Crippen molar-refractivity contribution in [2.75, 3.05) is 12.0 Å². The number of aliphatic carboxylic acids is 1. The molecule has 10 heteroatoms. The lowest BCUT2D eigenvalue weighted by atomic mass is 9.97. The largest absolute Gasteiger partial charge is 0.480 e. The number of hydrogen-bond acceptors (Lipinski definition) is 7. The van der Waals surface area contributed by atoms with Crippen molar-refractivity contribution in [1.82, 2.24) is 10.6 Å². The smallest absolute Gasteiger partial charge is 0.326 e. The lowest BCUT2D eigenvalue weighted by Crippen LogP contribution is -2.54. The van der Waals surface area contributed by atoms with Gasteiger partial charge in [-0.05, 0) is 29.9 Å². The zero-order chi connectivity index (χ0) is 26.8. The van der Waals surface area contributed by atoms with Gasteiger partial charge < -0.3 is 15.7 Å². The normalized spacial score (nSPS) is 13.5. The van der Waals surface area contributed by atoms with Crippen LogP contribution in [0.2, 0.25) is 0 Å². The summed E-state index contributed by atoms with van der Waals surface area (Å²) in [4.78, 5) is 38.8. The third-order valence-electron chi connectivity index (χ3n) is 5.61. The fourth-order valence-electron chi connectivity index (χ4n) is 3.51. The number of rotatable bonds is 13. The molecule has 0 unspecified atom stereocenters. The Bertz CT molecular complexity index is 1100. The summed E-state index contributed by atoms with van der Waals surface area (Å²) in [6.45, 7) is 7.79. The number of hydrogen-bond donors (Lipinski definition) is 3. The van der Waals surface area contributed by atoms with Gasteiger partial charge in [-0.2, -0.15) is 17.0 Å². The van der Waals surface area contributed by atoms with Crippen LogP contribution in [0.5, 0.6) is 0 Å². The zero-order valence-corrected chi connectivity index (χ0v) is 23.6. The molecule has 36 heavy (non-hydrogen) atoms. The molecule has 1 aromatic carbocycles. The minimum atomic E-state index is -1.11. The molecule has 0 aliphatic heterocycles. The number of carboxylic acid groups (broad SMARTS) is 1. The summed E-state index contributed by atoms with van der Waals surface area (Å²) in [6.07, 6.45) is 2.76. The molecule has 7 nitrogen and oxygen atoms in total. The first-order valence-corrected chi connectivity index (χ1v) is 14.8. The fourth-order valence-corrected chi connectivity index (χ4v) is 6.61. The van der Waals surface area contributed by atoms with Gasteiger partial charge in [-0.3, -0.25) is 9.59 Å². The second kappa shape index (κ2) is 14.3. The highest BCUT2D eigenvalue weighted by Gasteiger charge is 2.32. The van der Waals surface area contributed by atoms with Crippen LogP contribution >= 0.6 is 34.9 Å². The zero-order valence-electron chi connectivity index (χ0n) is 21.2. The molecule has 0 saturated carbocycles. The van der Waals surface area contributed by atoms with Gasteiger partial charge in [-0.25, -0.2) is 4.79 Å². The SMILES string of the molecule is CC[C@H](C)[C@H](NC(=O)c1sc(SC(C)C)c(C#N)c1-c1ccccc1)C(=O)N[C@@H](CCSC)C(=O)O. The Morgan fingerprint density at radius 2 is 1.81 bits per heavy atom. The first-order valence-electron chi connectivity index (χ1n) is 11.8. The maximum Gasteiger partial charge on any atom is 0.326 e. The van der Waals surface area contributed by atoms with E-state index in [4.69, 9.17) is 0 Å². The van der Waals surface area contributed by atoms with E-state index in [9.17, 15) is 24.8 Å². The van der Waals surface area contributed by atoms with Gasteiger partial charge in [0.1, 0.15) is 23.0 Å². The molecule has 1 aromatic heterocycles.